The molecule has 1 aromatic heterocycles. The van der Waals surface area contributed by atoms with E-state index in [4.69, 9.17) is 4.74 Å². The molecule has 0 bridgehead atoms. The van der Waals surface area contributed by atoms with Crippen LogP contribution in [0.1, 0.15) is 64.2 Å². The number of nitrogens with zero attached hydrogens (tertiary/aromatic N) is 3. The maximum atomic E-state index is 12.0. The molecular weight excluding hydrogens is 382 g/mol. The monoisotopic (exact) mass is 411 g/mol. The second kappa shape index (κ2) is 11.7. The van der Waals surface area contributed by atoms with Gasteiger partial charge < -0.3 is 14.6 Å². The van der Waals surface area contributed by atoms with Gasteiger partial charge >= 0.3 is 12.0 Å². The number of imide groups is 1. The molecule has 10 heteroatoms. The lowest BCUT2D eigenvalue weighted by Crippen LogP contribution is -2.40. The van der Waals surface area contributed by atoms with Crippen LogP contribution in [0.4, 0.5) is 4.79 Å². The second-order valence-electron chi connectivity index (χ2n) is 6.64. The molecule has 0 spiro atoms. The molecule has 0 aromatic carbocycles. The van der Waals surface area contributed by atoms with Crippen LogP contribution in [0.3, 0.4) is 0 Å². The van der Waals surface area contributed by atoms with Crippen LogP contribution < -0.4 is 10.6 Å². The van der Waals surface area contributed by atoms with Gasteiger partial charge in [0, 0.05) is 12.6 Å². The number of rotatable bonds is 9. The van der Waals surface area contributed by atoms with E-state index in [0.717, 1.165) is 32.1 Å². The first-order valence-electron chi connectivity index (χ1n) is 9.85. The molecule has 2 N–H and O–H groups in total. The van der Waals surface area contributed by atoms with Crippen molar-refractivity contribution in [3.8, 4) is 0 Å². The lowest BCUT2D eigenvalue weighted by atomic mass is 9.95. The van der Waals surface area contributed by atoms with E-state index in [9.17, 15) is 14.4 Å². The van der Waals surface area contributed by atoms with Gasteiger partial charge in [0.05, 0.1) is 12.4 Å². The van der Waals surface area contributed by atoms with E-state index in [-0.39, 0.29) is 24.2 Å². The van der Waals surface area contributed by atoms with E-state index in [0.29, 0.717) is 24.1 Å². The Labute approximate surface area is 169 Å². The fraction of sp³-hybridized carbons (Fsp3) is 0.722. The number of carbonyl (C=O) groups is 3. The van der Waals surface area contributed by atoms with E-state index >= 15 is 0 Å². The number of nitrogens with one attached hydrogen (secondary N) is 2. The van der Waals surface area contributed by atoms with E-state index in [1.807, 2.05) is 11.5 Å². The van der Waals surface area contributed by atoms with Crippen molar-refractivity contribution in [2.45, 2.75) is 70.0 Å². The van der Waals surface area contributed by atoms with E-state index in [1.54, 1.807) is 6.92 Å². The van der Waals surface area contributed by atoms with Crippen LogP contribution in [0.5, 0.6) is 0 Å². The summed E-state index contributed by atoms with van der Waals surface area (Å²) in [4.78, 5) is 35.5. The minimum absolute atomic E-state index is 0.0454. The number of urea groups is 1. The van der Waals surface area contributed by atoms with Gasteiger partial charge in [0.15, 0.2) is 5.16 Å². The molecule has 156 valence electrons. The zero-order valence-electron chi connectivity index (χ0n) is 16.5. The molecule has 1 aliphatic carbocycles. The van der Waals surface area contributed by atoms with Gasteiger partial charge in [-0.2, -0.15) is 0 Å². The Morgan fingerprint density at radius 2 is 1.93 bits per heavy atom. The zero-order chi connectivity index (χ0) is 20.4. The summed E-state index contributed by atoms with van der Waals surface area (Å²) >= 11 is 1.22. The van der Waals surface area contributed by atoms with Crippen LogP contribution in [0.2, 0.25) is 0 Å². The van der Waals surface area contributed by atoms with Crippen molar-refractivity contribution in [2.24, 2.45) is 0 Å². The van der Waals surface area contributed by atoms with Gasteiger partial charge in [-0.1, -0.05) is 37.9 Å². The normalized spacial score (nSPS) is 14.5. The van der Waals surface area contributed by atoms with Crippen LogP contribution >= 0.6 is 11.8 Å². The van der Waals surface area contributed by atoms with Crippen LogP contribution in [-0.4, -0.2) is 51.6 Å². The molecule has 1 fully saturated rings. The molecule has 2 rings (SSSR count). The quantitative estimate of drug-likeness (QED) is 0.473. The average molecular weight is 412 g/mol. The summed E-state index contributed by atoms with van der Waals surface area (Å²) in [5, 5.41) is 13.9. The van der Waals surface area contributed by atoms with Gasteiger partial charge in [0.2, 0.25) is 5.91 Å². The fourth-order valence-corrected chi connectivity index (χ4v) is 3.97. The third-order valence-electron chi connectivity index (χ3n) is 4.40. The van der Waals surface area contributed by atoms with Crippen LogP contribution in [0, 0.1) is 0 Å². The van der Waals surface area contributed by atoms with Gasteiger partial charge in [-0.15, -0.1) is 10.2 Å². The Kier molecular flexibility index (Phi) is 9.26. The third kappa shape index (κ3) is 6.81. The van der Waals surface area contributed by atoms with Crippen molar-refractivity contribution in [3.05, 3.63) is 5.82 Å². The summed E-state index contributed by atoms with van der Waals surface area (Å²) in [6.07, 6.45) is 6.27. The van der Waals surface area contributed by atoms with Gasteiger partial charge in [0.1, 0.15) is 12.2 Å². The molecule has 0 saturated heterocycles. The van der Waals surface area contributed by atoms with Gasteiger partial charge in [0.25, 0.3) is 0 Å². The van der Waals surface area contributed by atoms with Crippen molar-refractivity contribution in [3.63, 3.8) is 0 Å². The maximum absolute atomic E-state index is 12.0. The molecule has 0 aliphatic heterocycles. The first-order valence-corrected chi connectivity index (χ1v) is 10.8. The first-order chi connectivity index (χ1) is 13.5. The maximum Gasteiger partial charge on any atom is 0.321 e. The van der Waals surface area contributed by atoms with Crippen molar-refractivity contribution in [2.75, 3.05) is 18.9 Å². The number of hydrogen-bond donors (Lipinski definition) is 2. The Bertz CT molecular complexity index is 673. The summed E-state index contributed by atoms with van der Waals surface area (Å²) < 4.78 is 7.01. The molecule has 28 heavy (non-hydrogen) atoms. The molecule has 1 aromatic rings. The van der Waals surface area contributed by atoms with E-state index in [1.165, 1.54) is 18.2 Å². The van der Waals surface area contributed by atoms with Crippen LogP contribution in [0.25, 0.3) is 0 Å². The van der Waals surface area contributed by atoms with E-state index < -0.39 is 11.9 Å². The summed E-state index contributed by atoms with van der Waals surface area (Å²) in [7, 11) is 0. The Hall–Kier alpha value is -2.10. The third-order valence-corrected chi connectivity index (χ3v) is 5.35. The number of thioether (sulfide) groups is 1. The number of ether oxygens (including phenoxy) is 1. The molecule has 1 heterocycles. The van der Waals surface area contributed by atoms with E-state index in [2.05, 4.69) is 20.8 Å². The molecule has 0 atom stereocenters. The molecular formula is C18H29N5O4S. The number of carbonyl (C=O) groups excluding carboxylic acids is 3. The summed E-state index contributed by atoms with van der Waals surface area (Å²) in [6, 6.07) is -0.282. The number of aromatic nitrogens is 3. The number of hydrogen-bond acceptors (Lipinski definition) is 7. The molecule has 1 aliphatic rings. The Balaban J connectivity index is 2.03. The highest BCUT2D eigenvalue weighted by molar-refractivity contribution is 7.99. The SMILES string of the molecule is CCCNC(=O)NC(=O)CSc1nnc(CC(=O)OCC)n1C1CCCCC1. The molecule has 9 nitrogen and oxygen atoms in total. The predicted molar refractivity (Wildman–Crippen MR) is 105 cm³/mol. The van der Waals surface area contributed by atoms with Crippen molar-refractivity contribution < 1.29 is 19.1 Å². The zero-order valence-corrected chi connectivity index (χ0v) is 17.3. The number of amides is 3. The summed E-state index contributed by atoms with van der Waals surface area (Å²) in [5.41, 5.74) is 0. The second-order valence-corrected chi connectivity index (χ2v) is 7.58. The summed E-state index contributed by atoms with van der Waals surface area (Å²) in [5.74, 6) is -0.129. The Morgan fingerprint density at radius 3 is 2.61 bits per heavy atom. The van der Waals surface area contributed by atoms with Crippen LogP contribution in [0.15, 0.2) is 5.16 Å². The predicted octanol–water partition coefficient (Wildman–Crippen LogP) is 2.22. The Morgan fingerprint density at radius 1 is 1.18 bits per heavy atom. The van der Waals surface area contributed by atoms with Gasteiger partial charge in [-0.05, 0) is 26.2 Å². The molecule has 3 amide bonds. The molecule has 0 unspecified atom stereocenters. The minimum Gasteiger partial charge on any atom is -0.466 e. The fourth-order valence-electron chi connectivity index (χ4n) is 3.15. The lowest BCUT2D eigenvalue weighted by molar-refractivity contribution is -0.142. The van der Waals surface area contributed by atoms with Gasteiger partial charge in [-0.25, -0.2) is 4.79 Å². The van der Waals surface area contributed by atoms with Crippen molar-refractivity contribution >= 4 is 29.7 Å². The number of esters is 1. The highest BCUT2D eigenvalue weighted by atomic mass is 32.2. The molecule has 1 saturated carbocycles. The standard InChI is InChI=1S/C18H29N5O4S/c1-3-10-19-17(26)20-15(24)12-28-18-22-21-14(11-16(25)27-4-2)23(18)13-8-6-5-7-9-13/h13H,3-12H2,1-2H3,(H2,19,20,24,26). The molecule has 0 radical (unpaired) electrons. The largest absolute Gasteiger partial charge is 0.466 e. The first kappa shape index (κ1) is 22.2. The van der Waals surface area contributed by atoms with Crippen LogP contribution in [-0.2, 0) is 20.7 Å². The smallest absolute Gasteiger partial charge is 0.321 e. The topological polar surface area (TPSA) is 115 Å². The lowest BCUT2D eigenvalue weighted by Gasteiger charge is -2.25. The van der Waals surface area contributed by atoms with Crippen molar-refractivity contribution in [1.29, 1.82) is 0 Å². The minimum atomic E-state index is -0.496. The highest BCUT2D eigenvalue weighted by Crippen LogP contribution is 2.32. The van der Waals surface area contributed by atoms with Gasteiger partial charge in [-0.3, -0.25) is 14.9 Å². The average Bonchev–Trinajstić information content (AvgIpc) is 3.08. The highest BCUT2D eigenvalue weighted by Gasteiger charge is 2.25. The summed E-state index contributed by atoms with van der Waals surface area (Å²) in [6.45, 7) is 4.53. The van der Waals surface area contributed by atoms with Crippen molar-refractivity contribution in [1.82, 2.24) is 25.4 Å².